The molecular formula is H6DyFeO6. The van der Waals surface area contributed by atoms with Crippen LogP contribution in [0.3, 0.4) is 0 Å². The molecular weight excluding hydrogens is 314 g/mol. The normalized spacial score (nSPS) is 0. The maximum atomic E-state index is 0. The maximum Gasteiger partial charge on any atom is 3.00 e. The Labute approximate surface area is 87.4 Å². The summed E-state index contributed by atoms with van der Waals surface area (Å²) >= 11 is 0. The van der Waals surface area contributed by atoms with E-state index < -0.39 is 0 Å². The van der Waals surface area contributed by atoms with E-state index in [4.69, 9.17) is 0 Å². The zero-order valence-corrected chi connectivity index (χ0v) is 6.49. The summed E-state index contributed by atoms with van der Waals surface area (Å²) in [5, 5.41) is 0. The largest absolute Gasteiger partial charge is 3.00 e. The van der Waals surface area contributed by atoms with Crippen LogP contribution < -0.4 is 0 Å². The predicted octanol–water partition coefficient (Wildman–Crippen LogP) is -1.06. The molecule has 0 fully saturated rings. The van der Waals surface area contributed by atoms with E-state index in [1.807, 2.05) is 0 Å². The summed E-state index contributed by atoms with van der Waals surface area (Å²) in [6.45, 7) is 0. The summed E-state index contributed by atoms with van der Waals surface area (Å²) in [7, 11) is 0. The second-order valence-electron chi connectivity index (χ2n) is 0. The summed E-state index contributed by atoms with van der Waals surface area (Å²) in [4.78, 5) is 0. The van der Waals surface area contributed by atoms with Gasteiger partial charge in [-0.2, -0.15) is 0 Å². The predicted molar refractivity (Wildman–Crippen MR) is 11.6 cm³/mol. The smallest absolute Gasteiger partial charge is 0.870 e. The fourth-order valence-electron chi connectivity index (χ4n) is 0. The van der Waals surface area contributed by atoms with Gasteiger partial charge in [0.1, 0.15) is 0 Å². The molecule has 0 aliphatic carbocycles. The summed E-state index contributed by atoms with van der Waals surface area (Å²) in [6.07, 6.45) is 0. The first-order chi connectivity index (χ1) is 0. The monoisotopic (exact) mass is 322 g/mol. The van der Waals surface area contributed by atoms with Gasteiger partial charge in [-0.1, -0.05) is 0 Å². The van der Waals surface area contributed by atoms with Gasteiger partial charge in [-0.15, -0.1) is 0 Å². The van der Waals surface area contributed by atoms with Crippen LogP contribution in [0.25, 0.3) is 0 Å². The molecule has 0 saturated carbocycles. The van der Waals surface area contributed by atoms with Crippen molar-refractivity contribution in [3.8, 4) is 0 Å². The minimum Gasteiger partial charge on any atom is -0.870 e. The van der Waals surface area contributed by atoms with Crippen molar-refractivity contribution in [1.29, 1.82) is 0 Å². The van der Waals surface area contributed by atoms with Gasteiger partial charge < -0.3 is 32.9 Å². The molecule has 0 rings (SSSR count). The molecule has 0 aliphatic rings. The number of hydrogen-bond donors (Lipinski definition) is 0. The molecule has 0 atom stereocenters. The van der Waals surface area contributed by atoms with Crippen LogP contribution in [0.15, 0.2) is 0 Å². The molecule has 0 bridgehead atoms. The molecule has 0 heterocycles. The third-order valence-electron chi connectivity index (χ3n) is 0. The molecule has 6 N–H and O–H groups in total. The zero-order chi connectivity index (χ0) is 0. The maximum absolute atomic E-state index is 0. The van der Waals surface area contributed by atoms with Crippen molar-refractivity contribution in [3.63, 3.8) is 0 Å². The Morgan fingerprint density at radius 1 is 0.375 bits per heavy atom. The van der Waals surface area contributed by atoms with Crippen LogP contribution in [0, 0.1) is 38.2 Å². The van der Waals surface area contributed by atoms with Gasteiger partial charge in [0, 0.05) is 0 Å². The van der Waals surface area contributed by atoms with Crippen LogP contribution in [0.1, 0.15) is 0 Å². The number of rotatable bonds is 0. The van der Waals surface area contributed by atoms with E-state index in [0.717, 1.165) is 0 Å². The summed E-state index contributed by atoms with van der Waals surface area (Å²) in [5.41, 5.74) is 0. The van der Waals surface area contributed by atoms with Crippen LogP contribution in [0.2, 0.25) is 0 Å². The van der Waals surface area contributed by atoms with Gasteiger partial charge in [-0.05, 0) is 0 Å². The quantitative estimate of drug-likeness (QED) is 0.512. The van der Waals surface area contributed by atoms with Crippen LogP contribution in [-0.4, -0.2) is 32.9 Å². The van der Waals surface area contributed by atoms with Crippen molar-refractivity contribution in [3.05, 3.63) is 0 Å². The first-order valence-electron chi connectivity index (χ1n) is 0. The standard InChI is InChI=1S/Dy.Fe.6H2O/h;;6*1H2/q2*+3;;;;;;/p-6. The Morgan fingerprint density at radius 2 is 0.375 bits per heavy atom. The van der Waals surface area contributed by atoms with Gasteiger partial charge in [0.05, 0.1) is 0 Å². The Kier molecular flexibility index (Phi) is 7340. The average Bonchev–Trinajstić information content (AvgIpc) is 0. The Bertz CT molecular complexity index is 8.49. The molecule has 6 nitrogen and oxygen atoms in total. The van der Waals surface area contributed by atoms with E-state index in [1.54, 1.807) is 0 Å². The van der Waals surface area contributed by atoms with Gasteiger partial charge in [0.15, 0.2) is 0 Å². The van der Waals surface area contributed by atoms with E-state index in [2.05, 4.69) is 0 Å². The molecule has 8 heavy (non-hydrogen) atoms. The fraction of sp³-hybridized carbons (Fsp3) is 0. The molecule has 2 radical (unpaired) electrons. The van der Waals surface area contributed by atoms with Gasteiger partial charge in [-0.25, -0.2) is 0 Å². The summed E-state index contributed by atoms with van der Waals surface area (Å²) in [5.74, 6) is 0. The summed E-state index contributed by atoms with van der Waals surface area (Å²) in [6, 6.07) is 0. The van der Waals surface area contributed by atoms with Gasteiger partial charge in [0.2, 0.25) is 0 Å². The van der Waals surface area contributed by atoms with Crippen molar-refractivity contribution in [1.82, 2.24) is 0 Å². The molecule has 0 aromatic rings. The molecule has 0 aromatic heterocycles. The average molecular weight is 320 g/mol. The zero-order valence-electron chi connectivity index (χ0n) is 3.35. The third kappa shape index (κ3) is 135. The summed E-state index contributed by atoms with van der Waals surface area (Å²) < 4.78 is 0. The SMILES string of the molecule is [Dy+3].[Fe+3].[OH-].[OH-].[OH-].[OH-].[OH-].[OH-]. The van der Waals surface area contributed by atoms with Crippen LogP contribution in [-0.2, 0) is 17.1 Å². The van der Waals surface area contributed by atoms with Gasteiger partial charge >= 0.3 is 55.2 Å². The van der Waals surface area contributed by atoms with Gasteiger partial charge in [-0.3, -0.25) is 0 Å². The van der Waals surface area contributed by atoms with Crippen LogP contribution in [0.5, 0.6) is 0 Å². The van der Waals surface area contributed by atoms with Crippen LogP contribution >= 0.6 is 0 Å². The van der Waals surface area contributed by atoms with E-state index in [9.17, 15) is 0 Å². The minimum absolute atomic E-state index is 0. The van der Waals surface area contributed by atoms with Crippen LogP contribution in [0.4, 0.5) is 0 Å². The molecule has 0 unspecified atom stereocenters. The molecule has 0 aromatic carbocycles. The van der Waals surface area contributed by atoms with Crippen molar-refractivity contribution in [2.24, 2.45) is 0 Å². The molecule has 0 spiro atoms. The van der Waals surface area contributed by atoms with E-state index >= 15 is 0 Å². The van der Waals surface area contributed by atoms with E-state index in [-0.39, 0.29) is 88.1 Å². The van der Waals surface area contributed by atoms with Crippen molar-refractivity contribution in [2.75, 3.05) is 0 Å². The topological polar surface area (TPSA) is 180 Å². The Balaban J connectivity index is 0. The second-order valence-corrected chi connectivity index (χ2v) is 0. The Hall–Kier alpha value is 1.55. The van der Waals surface area contributed by atoms with Crippen molar-refractivity contribution >= 4 is 0 Å². The Morgan fingerprint density at radius 3 is 0.375 bits per heavy atom. The molecule has 0 saturated heterocycles. The third-order valence-corrected chi connectivity index (χ3v) is 0. The van der Waals surface area contributed by atoms with Crippen molar-refractivity contribution < 1.29 is 88.1 Å². The van der Waals surface area contributed by atoms with E-state index in [1.165, 1.54) is 0 Å². The van der Waals surface area contributed by atoms with Gasteiger partial charge in [0.25, 0.3) is 0 Å². The first kappa shape index (κ1) is 290. The fourth-order valence-corrected chi connectivity index (χ4v) is 0. The first-order valence-corrected chi connectivity index (χ1v) is 0. The molecule has 8 heteroatoms. The molecule has 0 amide bonds. The van der Waals surface area contributed by atoms with E-state index in [0.29, 0.717) is 0 Å². The molecule has 60 valence electrons. The second kappa shape index (κ2) is 202. The minimum atomic E-state index is 0. The number of hydrogen-bond acceptors (Lipinski definition) is 6. The molecule has 0 aliphatic heterocycles. The van der Waals surface area contributed by atoms with Crippen molar-refractivity contribution in [2.45, 2.75) is 0 Å².